The minimum absolute atomic E-state index is 0.00454. The van der Waals surface area contributed by atoms with Gasteiger partial charge in [0.1, 0.15) is 0 Å². The van der Waals surface area contributed by atoms with E-state index in [0.29, 0.717) is 5.92 Å². The van der Waals surface area contributed by atoms with Gasteiger partial charge in [0.15, 0.2) is 5.76 Å². The number of carbonyl (C=O) groups excluding carboxylic acids is 2. The molecule has 0 saturated heterocycles. The van der Waals surface area contributed by atoms with Crippen LogP contribution in [0.3, 0.4) is 0 Å². The smallest absolute Gasteiger partial charge is 0.262 e. The van der Waals surface area contributed by atoms with Crippen molar-refractivity contribution in [2.45, 2.75) is 40.0 Å². The molecule has 0 aliphatic heterocycles. The number of hydrogen-bond donors (Lipinski definition) is 0. The first-order valence-corrected chi connectivity index (χ1v) is 7.60. The number of thioether (sulfide) groups is 1. The van der Waals surface area contributed by atoms with Gasteiger partial charge in [-0.3, -0.25) is 9.59 Å². The van der Waals surface area contributed by atoms with Crippen molar-refractivity contribution < 1.29 is 14.0 Å². The highest BCUT2D eigenvalue weighted by atomic mass is 32.2. The highest BCUT2D eigenvalue weighted by Gasteiger charge is 2.47. The molecular weight excluding hydrogens is 260 g/mol. The molecule has 1 fully saturated rings. The molecule has 4 heteroatoms. The summed E-state index contributed by atoms with van der Waals surface area (Å²) in [6.45, 7) is 6.50. The number of rotatable bonds is 3. The quantitative estimate of drug-likeness (QED) is 0.834. The molecule has 104 valence electrons. The fourth-order valence-electron chi connectivity index (χ4n) is 3.01. The Kier molecular flexibility index (Phi) is 4.19. The normalized spacial score (nSPS) is 30.5. The maximum atomic E-state index is 12.4. The molecule has 1 heterocycles. The summed E-state index contributed by atoms with van der Waals surface area (Å²) in [7, 11) is 0. The Labute approximate surface area is 118 Å². The van der Waals surface area contributed by atoms with Crippen molar-refractivity contribution in [2.75, 3.05) is 0 Å². The molecule has 3 nitrogen and oxygen atoms in total. The number of hydrogen-bond acceptors (Lipinski definition) is 4. The van der Waals surface area contributed by atoms with Crippen LogP contribution in [0.15, 0.2) is 22.8 Å². The summed E-state index contributed by atoms with van der Waals surface area (Å²) in [4.78, 5) is 24.3. The topological polar surface area (TPSA) is 47.3 Å². The van der Waals surface area contributed by atoms with E-state index < -0.39 is 0 Å². The largest absolute Gasteiger partial charge is 0.460 e. The zero-order chi connectivity index (χ0) is 14.0. The highest BCUT2D eigenvalue weighted by Crippen LogP contribution is 2.51. The monoisotopic (exact) mass is 280 g/mol. The maximum Gasteiger partial charge on any atom is 0.262 e. The first-order valence-electron chi connectivity index (χ1n) is 6.78. The lowest BCUT2D eigenvalue weighted by atomic mass is 9.73. The molecule has 1 aliphatic carbocycles. The van der Waals surface area contributed by atoms with E-state index in [2.05, 4.69) is 20.8 Å². The van der Waals surface area contributed by atoms with Gasteiger partial charge in [-0.1, -0.05) is 20.8 Å². The summed E-state index contributed by atoms with van der Waals surface area (Å²) >= 11 is 0.803. The predicted molar refractivity (Wildman–Crippen MR) is 75.9 cm³/mol. The molecule has 1 aromatic heterocycles. The zero-order valence-corrected chi connectivity index (χ0v) is 12.5. The SMILES string of the molecule is CCC1(C)C(C)CCC1C(=O)SC(=O)c1ccco1. The molecule has 0 radical (unpaired) electrons. The Morgan fingerprint density at radius 2 is 2.21 bits per heavy atom. The summed E-state index contributed by atoms with van der Waals surface area (Å²) in [5, 5.41) is -0.289. The summed E-state index contributed by atoms with van der Waals surface area (Å²) in [6, 6.07) is 3.25. The van der Waals surface area contributed by atoms with Gasteiger partial charge in [0.05, 0.1) is 6.26 Å². The lowest BCUT2D eigenvalue weighted by Gasteiger charge is -2.33. The van der Waals surface area contributed by atoms with E-state index in [9.17, 15) is 9.59 Å². The van der Waals surface area contributed by atoms with Gasteiger partial charge in [0.2, 0.25) is 5.12 Å². The fourth-order valence-corrected chi connectivity index (χ4v) is 3.94. The van der Waals surface area contributed by atoms with Gasteiger partial charge in [0.25, 0.3) is 5.12 Å². The average Bonchev–Trinajstić information content (AvgIpc) is 3.00. The minimum Gasteiger partial charge on any atom is -0.460 e. The van der Waals surface area contributed by atoms with Crippen LogP contribution in [0.1, 0.15) is 50.6 Å². The second-order valence-corrected chi connectivity index (χ2v) is 6.55. The van der Waals surface area contributed by atoms with E-state index in [4.69, 9.17) is 4.42 Å². The summed E-state index contributed by atoms with van der Waals surface area (Å²) in [5.74, 6) is 0.768. The second-order valence-electron chi connectivity index (χ2n) is 5.58. The van der Waals surface area contributed by atoms with Crippen LogP contribution in [-0.4, -0.2) is 10.2 Å². The van der Waals surface area contributed by atoms with Crippen molar-refractivity contribution in [1.29, 1.82) is 0 Å². The Bertz CT molecular complexity index is 466. The molecule has 1 aliphatic rings. The van der Waals surface area contributed by atoms with Crippen LogP contribution in [0.25, 0.3) is 0 Å². The summed E-state index contributed by atoms with van der Waals surface area (Å²) in [6.07, 6.45) is 4.38. The van der Waals surface area contributed by atoms with Gasteiger partial charge in [-0.2, -0.15) is 0 Å². The van der Waals surface area contributed by atoms with Crippen LogP contribution >= 0.6 is 11.8 Å². The molecule has 1 saturated carbocycles. The van der Waals surface area contributed by atoms with Crippen LogP contribution < -0.4 is 0 Å². The molecule has 3 atom stereocenters. The molecule has 0 N–H and O–H groups in total. The second kappa shape index (κ2) is 5.53. The van der Waals surface area contributed by atoms with Gasteiger partial charge in [-0.05, 0) is 54.5 Å². The van der Waals surface area contributed by atoms with Crippen molar-refractivity contribution >= 4 is 22.0 Å². The third-order valence-corrected chi connectivity index (χ3v) is 5.64. The zero-order valence-electron chi connectivity index (χ0n) is 11.6. The van der Waals surface area contributed by atoms with E-state index in [1.54, 1.807) is 12.1 Å². The molecule has 3 unspecified atom stereocenters. The van der Waals surface area contributed by atoms with Crippen LogP contribution in [0.5, 0.6) is 0 Å². The van der Waals surface area contributed by atoms with Crippen molar-refractivity contribution in [3.05, 3.63) is 24.2 Å². The van der Waals surface area contributed by atoms with Gasteiger partial charge in [-0.25, -0.2) is 0 Å². The Balaban J connectivity index is 2.06. The minimum atomic E-state index is -0.284. The third-order valence-electron chi connectivity index (χ3n) is 4.77. The van der Waals surface area contributed by atoms with Crippen molar-refractivity contribution in [3.8, 4) is 0 Å². The summed E-state index contributed by atoms with van der Waals surface area (Å²) in [5.41, 5.74) is 0.0214. The molecule has 0 amide bonds. The Morgan fingerprint density at radius 3 is 2.79 bits per heavy atom. The van der Waals surface area contributed by atoms with Crippen LogP contribution in [-0.2, 0) is 4.79 Å². The van der Waals surface area contributed by atoms with Crippen molar-refractivity contribution in [1.82, 2.24) is 0 Å². The standard InChI is InChI=1S/C15H20O3S/c1-4-15(3)10(2)7-8-11(15)13(16)19-14(17)12-6-5-9-18-12/h5-6,9-11H,4,7-8H2,1-3H3. The molecule has 0 spiro atoms. The molecule has 1 aromatic rings. The van der Waals surface area contributed by atoms with Gasteiger partial charge in [-0.15, -0.1) is 0 Å². The first kappa shape index (κ1) is 14.4. The van der Waals surface area contributed by atoms with Gasteiger partial charge in [0, 0.05) is 5.92 Å². The van der Waals surface area contributed by atoms with E-state index >= 15 is 0 Å². The fraction of sp³-hybridized carbons (Fsp3) is 0.600. The lowest BCUT2D eigenvalue weighted by Crippen LogP contribution is -2.31. The van der Waals surface area contributed by atoms with E-state index in [1.807, 2.05) is 0 Å². The predicted octanol–water partition coefficient (Wildman–Crippen LogP) is 4.14. The van der Waals surface area contributed by atoms with E-state index in [-0.39, 0.29) is 27.3 Å². The lowest BCUT2D eigenvalue weighted by molar-refractivity contribution is -0.117. The van der Waals surface area contributed by atoms with Crippen molar-refractivity contribution in [2.24, 2.45) is 17.3 Å². The van der Waals surface area contributed by atoms with Crippen LogP contribution in [0.2, 0.25) is 0 Å². The first-order chi connectivity index (χ1) is 8.99. The molecular formula is C15H20O3S. The summed E-state index contributed by atoms with van der Waals surface area (Å²) < 4.78 is 5.04. The molecule has 19 heavy (non-hydrogen) atoms. The van der Waals surface area contributed by atoms with Crippen LogP contribution in [0.4, 0.5) is 0 Å². The molecule has 2 rings (SSSR count). The number of carbonyl (C=O) groups is 2. The highest BCUT2D eigenvalue weighted by molar-refractivity contribution is 8.26. The van der Waals surface area contributed by atoms with Gasteiger partial charge >= 0.3 is 0 Å². The number of furan rings is 1. The van der Waals surface area contributed by atoms with E-state index in [0.717, 1.165) is 31.0 Å². The maximum absolute atomic E-state index is 12.4. The molecule has 0 aromatic carbocycles. The Hall–Kier alpha value is -1.03. The van der Waals surface area contributed by atoms with Crippen molar-refractivity contribution in [3.63, 3.8) is 0 Å². The average molecular weight is 280 g/mol. The van der Waals surface area contributed by atoms with Crippen LogP contribution in [0, 0.1) is 17.3 Å². The third kappa shape index (κ3) is 2.64. The Morgan fingerprint density at radius 1 is 1.47 bits per heavy atom. The molecule has 0 bridgehead atoms. The van der Waals surface area contributed by atoms with E-state index in [1.165, 1.54) is 6.26 Å². The van der Waals surface area contributed by atoms with Gasteiger partial charge < -0.3 is 4.42 Å².